The van der Waals surface area contributed by atoms with Crippen LogP contribution in [0.25, 0.3) is 0 Å². The molecule has 0 amide bonds. The van der Waals surface area contributed by atoms with Gasteiger partial charge in [-0.15, -0.1) is 0 Å². The molecule has 0 aromatic carbocycles. The predicted molar refractivity (Wildman–Crippen MR) is 78.0 cm³/mol. The minimum atomic E-state index is 0.691. The number of nitrogens with zero attached hydrogens (tertiary/aromatic N) is 1. The molecule has 0 aliphatic heterocycles. The Labute approximate surface area is 113 Å². The summed E-state index contributed by atoms with van der Waals surface area (Å²) in [5.41, 5.74) is 0. The Kier molecular flexibility index (Phi) is 7.87. The van der Waals surface area contributed by atoms with Crippen molar-refractivity contribution in [3.05, 3.63) is 0 Å². The van der Waals surface area contributed by atoms with E-state index in [0.29, 0.717) is 6.04 Å². The summed E-state index contributed by atoms with van der Waals surface area (Å²) >= 11 is 0. The maximum absolute atomic E-state index is 5.26. The number of methoxy groups -OCH3 is 1. The summed E-state index contributed by atoms with van der Waals surface area (Å²) in [6.07, 6.45) is 5.33. The van der Waals surface area contributed by atoms with E-state index in [0.717, 1.165) is 38.2 Å². The zero-order valence-electron chi connectivity index (χ0n) is 12.7. The molecule has 1 saturated carbocycles. The average Bonchev–Trinajstić information content (AvgIpc) is 3.13. The molecule has 1 aliphatic carbocycles. The van der Waals surface area contributed by atoms with Crippen LogP contribution in [-0.2, 0) is 4.74 Å². The molecular weight excluding hydrogens is 224 g/mol. The molecule has 0 aromatic heterocycles. The summed E-state index contributed by atoms with van der Waals surface area (Å²) in [7, 11) is 1.80. The number of ether oxygens (including phenoxy) is 1. The average molecular weight is 256 g/mol. The van der Waals surface area contributed by atoms with Crippen LogP contribution in [0.1, 0.15) is 46.5 Å². The van der Waals surface area contributed by atoms with Gasteiger partial charge in [0.2, 0.25) is 0 Å². The third-order valence-corrected chi connectivity index (χ3v) is 3.59. The van der Waals surface area contributed by atoms with Crippen molar-refractivity contribution in [1.29, 1.82) is 0 Å². The lowest BCUT2D eigenvalue weighted by Crippen LogP contribution is -2.45. The van der Waals surface area contributed by atoms with Gasteiger partial charge in [-0.1, -0.05) is 27.2 Å². The molecule has 1 unspecified atom stereocenters. The number of hydrogen-bond donors (Lipinski definition) is 1. The van der Waals surface area contributed by atoms with E-state index in [-0.39, 0.29) is 0 Å². The van der Waals surface area contributed by atoms with E-state index in [2.05, 4.69) is 31.0 Å². The molecule has 108 valence electrons. The van der Waals surface area contributed by atoms with Crippen LogP contribution in [0.15, 0.2) is 0 Å². The fourth-order valence-corrected chi connectivity index (χ4v) is 2.52. The Morgan fingerprint density at radius 2 is 2.00 bits per heavy atom. The molecule has 18 heavy (non-hydrogen) atoms. The molecule has 0 heterocycles. The first-order valence-electron chi connectivity index (χ1n) is 7.64. The summed E-state index contributed by atoms with van der Waals surface area (Å²) in [5.74, 6) is 0.737. The van der Waals surface area contributed by atoms with E-state index in [9.17, 15) is 0 Å². The molecule has 0 bridgehead atoms. The normalized spacial score (nSPS) is 17.7. The van der Waals surface area contributed by atoms with Crippen LogP contribution >= 0.6 is 0 Å². The van der Waals surface area contributed by atoms with E-state index >= 15 is 0 Å². The van der Waals surface area contributed by atoms with Crippen molar-refractivity contribution in [3.63, 3.8) is 0 Å². The van der Waals surface area contributed by atoms with E-state index in [1.165, 1.54) is 25.7 Å². The van der Waals surface area contributed by atoms with E-state index in [1.807, 2.05) is 0 Å². The molecule has 1 fully saturated rings. The largest absolute Gasteiger partial charge is 0.383 e. The van der Waals surface area contributed by atoms with Crippen LogP contribution in [0.4, 0.5) is 0 Å². The van der Waals surface area contributed by atoms with Gasteiger partial charge in [-0.05, 0) is 31.7 Å². The van der Waals surface area contributed by atoms with Gasteiger partial charge in [0.05, 0.1) is 6.61 Å². The van der Waals surface area contributed by atoms with Crippen LogP contribution in [0.2, 0.25) is 0 Å². The third kappa shape index (κ3) is 6.17. The fraction of sp³-hybridized carbons (Fsp3) is 1.00. The third-order valence-electron chi connectivity index (χ3n) is 3.59. The van der Waals surface area contributed by atoms with Crippen molar-refractivity contribution in [2.24, 2.45) is 5.92 Å². The number of hydrogen-bond acceptors (Lipinski definition) is 3. The summed E-state index contributed by atoms with van der Waals surface area (Å²) in [5, 5.41) is 3.63. The Morgan fingerprint density at radius 1 is 1.28 bits per heavy atom. The van der Waals surface area contributed by atoms with Gasteiger partial charge in [0.1, 0.15) is 0 Å². The van der Waals surface area contributed by atoms with Crippen LogP contribution in [0.5, 0.6) is 0 Å². The smallest absolute Gasteiger partial charge is 0.0589 e. The van der Waals surface area contributed by atoms with Gasteiger partial charge >= 0.3 is 0 Å². The summed E-state index contributed by atoms with van der Waals surface area (Å²) in [4.78, 5) is 2.68. The second kappa shape index (κ2) is 8.89. The van der Waals surface area contributed by atoms with Crippen molar-refractivity contribution in [2.45, 2.75) is 58.5 Å². The molecule has 0 radical (unpaired) electrons. The maximum Gasteiger partial charge on any atom is 0.0589 e. The summed E-state index contributed by atoms with van der Waals surface area (Å²) in [6.45, 7) is 11.0. The van der Waals surface area contributed by atoms with Crippen LogP contribution < -0.4 is 5.32 Å². The van der Waals surface area contributed by atoms with E-state index < -0.39 is 0 Å². The van der Waals surface area contributed by atoms with Gasteiger partial charge in [0, 0.05) is 32.3 Å². The standard InChI is InChI=1S/C15H32N2O/c1-5-6-15(12-16-11-13(2)3)17(9-10-18-4)14-7-8-14/h13-16H,5-12H2,1-4H3. The van der Waals surface area contributed by atoms with Crippen molar-refractivity contribution in [1.82, 2.24) is 10.2 Å². The molecule has 0 aromatic rings. The molecule has 0 saturated heterocycles. The van der Waals surface area contributed by atoms with E-state index in [4.69, 9.17) is 4.74 Å². The highest BCUT2D eigenvalue weighted by Crippen LogP contribution is 2.29. The van der Waals surface area contributed by atoms with Gasteiger partial charge in [-0.2, -0.15) is 0 Å². The van der Waals surface area contributed by atoms with Crippen molar-refractivity contribution in [3.8, 4) is 0 Å². The Bertz CT molecular complexity index is 205. The van der Waals surface area contributed by atoms with Crippen molar-refractivity contribution >= 4 is 0 Å². The van der Waals surface area contributed by atoms with Crippen molar-refractivity contribution in [2.75, 3.05) is 33.4 Å². The molecule has 3 heteroatoms. The summed E-state index contributed by atoms with van der Waals surface area (Å²) in [6, 6.07) is 1.52. The molecule has 1 atom stereocenters. The first-order valence-corrected chi connectivity index (χ1v) is 7.64. The molecule has 1 aliphatic rings. The predicted octanol–water partition coefficient (Wildman–Crippen LogP) is 2.51. The quantitative estimate of drug-likeness (QED) is 0.615. The molecule has 1 N–H and O–H groups in total. The first-order chi connectivity index (χ1) is 8.69. The fourth-order valence-electron chi connectivity index (χ4n) is 2.52. The minimum absolute atomic E-state index is 0.691. The molecule has 1 rings (SSSR count). The number of nitrogens with one attached hydrogen (secondary N) is 1. The van der Waals surface area contributed by atoms with Crippen molar-refractivity contribution < 1.29 is 4.74 Å². The highest BCUT2D eigenvalue weighted by molar-refractivity contribution is 4.89. The first kappa shape index (κ1) is 15.9. The lowest BCUT2D eigenvalue weighted by atomic mass is 10.1. The highest BCUT2D eigenvalue weighted by Gasteiger charge is 2.32. The highest BCUT2D eigenvalue weighted by atomic mass is 16.5. The maximum atomic E-state index is 5.26. The zero-order chi connectivity index (χ0) is 13.4. The topological polar surface area (TPSA) is 24.5 Å². The second-order valence-electron chi connectivity index (χ2n) is 5.96. The second-order valence-corrected chi connectivity index (χ2v) is 5.96. The molecule has 3 nitrogen and oxygen atoms in total. The SMILES string of the molecule is CCCC(CNCC(C)C)N(CCOC)C1CC1. The Morgan fingerprint density at radius 3 is 2.50 bits per heavy atom. The van der Waals surface area contributed by atoms with Gasteiger partial charge in [0.25, 0.3) is 0 Å². The zero-order valence-corrected chi connectivity index (χ0v) is 12.7. The van der Waals surface area contributed by atoms with Crippen LogP contribution in [0, 0.1) is 5.92 Å². The van der Waals surface area contributed by atoms with Gasteiger partial charge < -0.3 is 10.1 Å². The lowest BCUT2D eigenvalue weighted by Gasteiger charge is -2.32. The van der Waals surface area contributed by atoms with Crippen LogP contribution in [0.3, 0.4) is 0 Å². The van der Waals surface area contributed by atoms with Crippen LogP contribution in [-0.4, -0.2) is 50.3 Å². The lowest BCUT2D eigenvalue weighted by molar-refractivity contribution is 0.108. The monoisotopic (exact) mass is 256 g/mol. The Balaban J connectivity index is 2.39. The number of rotatable bonds is 11. The Hall–Kier alpha value is -0.120. The minimum Gasteiger partial charge on any atom is -0.383 e. The summed E-state index contributed by atoms with van der Waals surface area (Å²) < 4.78 is 5.26. The molecule has 0 spiro atoms. The molecular formula is C15H32N2O. The van der Waals surface area contributed by atoms with E-state index in [1.54, 1.807) is 7.11 Å². The van der Waals surface area contributed by atoms with Gasteiger partial charge in [-0.25, -0.2) is 0 Å². The van der Waals surface area contributed by atoms with Gasteiger partial charge in [0.15, 0.2) is 0 Å². The van der Waals surface area contributed by atoms with Gasteiger partial charge in [-0.3, -0.25) is 4.90 Å².